The van der Waals surface area contributed by atoms with E-state index in [1.807, 2.05) is 13.8 Å². The predicted octanol–water partition coefficient (Wildman–Crippen LogP) is 2.07. The van der Waals surface area contributed by atoms with Gasteiger partial charge in [0.1, 0.15) is 0 Å². The Balaban J connectivity index is 0.000000574. The molecule has 100 valence electrons. The number of rotatable bonds is 1. The van der Waals surface area contributed by atoms with Gasteiger partial charge in [-0.3, -0.25) is 0 Å². The van der Waals surface area contributed by atoms with Gasteiger partial charge in [0.2, 0.25) is 0 Å². The number of piperazine rings is 1. The Kier molecular flexibility index (Phi) is 4.61. The van der Waals surface area contributed by atoms with Gasteiger partial charge in [0.25, 0.3) is 0 Å². The molecule has 0 saturated carbocycles. The van der Waals surface area contributed by atoms with Crippen LogP contribution in [0.1, 0.15) is 25.0 Å². The van der Waals surface area contributed by atoms with Gasteiger partial charge < -0.3 is 15.1 Å². The lowest BCUT2D eigenvalue weighted by molar-refractivity contribution is 0.313. The largest absolute Gasteiger partial charge is 0.369 e. The number of nitrogens with one attached hydrogen (secondary N) is 1. The molecule has 3 heteroatoms. The molecule has 2 aliphatic heterocycles. The zero-order chi connectivity index (χ0) is 13.0. The molecule has 3 nitrogen and oxygen atoms in total. The van der Waals surface area contributed by atoms with Gasteiger partial charge in [0.15, 0.2) is 0 Å². The van der Waals surface area contributed by atoms with E-state index < -0.39 is 0 Å². The van der Waals surface area contributed by atoms with Gasteiger partial charge in [-0.25, -0.2) is 0 Å². The molecule has 0 aromatic heterocycles. The summed E-state index contributed by atoms with van der Waals surface area (Å²) in [5.41, 5.74) is 4.35. The molecule has 3 rings (SSSR count). The lowest BCUT2D eigenvalue weighted by atomic mass is 10.1. The van der Waals surface area contributed by atoms with E-state index >= 15 is 0 Å². The van der Waals surface area contributed by atoms with E-state index in [2.05, 4.69) is 40.4 Å². The van der Waals surface area contributed by atoms with Crippen molar-refractivity contribution in [2.24, 2.45) is 0 Å². The van der Waals surface area contributed by atoms with E-state index in [0.717, 1.165) is 26.2 Å². The second-order valence-electron chi connectivity index (χ2n) is 4.85. The van der Waals surface area contributed by atoms with Crippen LogP contribution in [0.25, 0.3) is 0 Å². The molecule has 1 saturated heterocycles. The average Bonchev–Trinajstić information content (AvgIpc) is 2.89. The molecule has 1 aromatic rings. The number of likely N-dealkylation sites (N-methyl/N-ethyl adjacent to an activating group) is 1. The summed E-state index contributed by atoms with van der Waals surface area (Å²) in [7, 11) is 2.20. The standard InChI is InChI=1S/C13H19N3.C2H6/c1-15-4-6-16(7-5-15)13-3-2-11-9-14-10-12(11)8-13;1-2/h2-3,8,14H,4-7,9-10H2,1H3;1-2H3. The van der Waals surface area contributed by atoms with E-state index in [0.29, 0.717) is 0 Å². The van der Waals surface area contributed by atoms with Crippen LogP contribution in [0.15, 0.2) is 18.2 Å². The Hall–Kier alpha value is -1.06. The van der Waals surface area contributed by atoms with E-state index in [4.69, 9.17) is 0 Å². The normalized spacial score (nSPS) is 19.2. The average molecular weight is 247 g/mol. The third-order valence-electron chi connectivity index (χ3n) is 3.69. The first-order chi connectivity index (χ1) is 8.83. The van der Waals surface area contributed by atoms with Gasteiger partial charge >= 0.3 is 0 Å². The highest BCUT2D eigenvalue weighted by molar-refractivity contribution is 5.52. The number of anilines is 1. The second-order valence-corrected chi connectivity index (χ2v) is 4.85. The van der Waals surface area contributed by atoms with Crippen LogP contribution in [-0.4, -0.2) is 38.1 Å². The van der Waals surface area contributed by atoms with Gasteiger partial charge in [0.05, 0.1) is 0 Å². The van der Waals surface area contributed by atoms with Crippen LogP contribution in [0, 0.1) is 0 Å². The molecule has 2 heterocycles. The molecule has 0 radical (unpaired) electrons. The molecule has 0 atom stereocenters. The topological polar surface area (TPSA) is 18.5 Å². The smallest absolute Gasteiger partial charge is 0.0370 e. The van der Waals surface area contributed by atoms with Crippen LogP contribution < -0.4 is 10.2 Å². The molecular formula is C15H25N3. The van der Waals surface area contributed by atoms with Crippen LogP contribution in [-0.2, 0) is 13.1 Å². The lowest BCUT2D eigenvalue weighted by Crippen LogP contribution is -2.44. The number of nitrogens with zero attached hydrogens (tertiary/aromatic N) is 2. The first kappa shape index (κ1) is 13.4. The fourth-order valence-electron chi connectivity index (χ4n) is 2.54. The molecule has 0 bridgehead atoms. The van der Waals surface area contributed by atoms with Crippen molar-refractivity contribution in [3.63, 3.8) is 0 Å². The number of hydrogen-bond donors (Lipinski definition) is 1. The van der Waals surface area contributed by atoms with Gasteiger partial charge in [0, 0.05) is 45.0 Å². The zero-order valence-electron chi connectivity index (χ0n) is 11.9. The SMILES string of the molecule is CC.CN1CCN(c2ccc3c(c2)CNC3)CC1. The van der Waals surface area contributed by atoms with E-state index in [9.17, 15) is 0 Å². The molecule has 2 aliphatic rings. The Labute approximate surface area is 111 Å². The molecule has 0 unspecified atom stereocenters. The molecule has 0 amide bonds. The van der Waals surface area contributed by atoms with E-state index in [1.54, 1.807) is 0 Å². The maximum Gasteiger partial charge on any atom is 0.0370 e. The minimum atomic E-state index is 1.04. The Bertz CT molecular complexity index is 381. The quantitative estimate of drug-likeness (QED) is 0.819. The third kappa shape index (κ3) is 2.85. The molecule has 0 aliphatic carbocycles. The fourth-order valence-corrected chi connectivity index (χ4v) is 2.54. The maximum absolute atomic E-state index is 3.40. The number of fused-ring (bicyclic) bond motifs is 1. The van der Waals surface area contributed by atoms with E-state index in [1.165, 1.54) is 29.9 Å². The van der Waals surface area contributed by atoms with Crippen molar-refractivity contribution in [1.29, 1.82) is 0 Å². The first-order valence-electron chi connectivity index (χ1n) is 7.09. The lowest BCUT2D eigenvalue weighted by Gasteiger charge is -2.34. The van der Waals surface area contributed by atoms with Crippen LogP contribution >= 0.6 is 0 Å². The number of benzene rings is 1. The van der Waals surface area contributed by atoms with Gasteiger partial charge in [-0.15, -0.1) is 0 Å². The van der Waals surface area contributed by atoms with Crippen molar-refractivity contribution in [2.75, 3.05) is 38.1 Å². The van der Waals surface area contributed by atoms with Crippen molar-refractivity contribution in [3.8, 4) is 0 Å². The summed E-state index contributed by atoms with van der Waals surface area (Å²) in [4.78, 5) is 4.89. The summed E-state index contributed by atoms with van der Waals surface area (Å²) >= 11 is 0. The highest BCUT2D eigenvalue weighted by Crippen LogP contribution is 2.23. The second kappa shape index (κ2) is 6.21. The van der Waals surface area contributed by atoms with Crippen molar-refractivity contribution in [3.05, 3.63) is 29.3 Å². The molecule has 1 N–H and O–H groups in total. The summed E-state index contributed by atoms with van der Waals surface area (Å²) in [6.07, 6.45) is 0. The van der Waals surface area contributed by atoms with Crippen LogP contribution in [0.3, 0.4) is 0 Å². The third-order valence-corrected chi connectivity index (χ3v) is 3.69. The van der Waals surface area contributed by atoms with Crippen LogP contribution in [0.2, 0.25) is 0 Å². The Morgan fingerprint density at radius 3 is 2.33 bits per heavy atom. The molecule has 18 heavy (non-hydrogen) atoms. The summed E-state index contributed by atoms with van der Waals surface area (Å²) in [6.45, 7) is 10.7. The summed E-state index contributed by atoms with van der Waals surface area (Å²) in [5, 5.41) is 3.40. The van der Waals surface area contributed by atoms with E-state index in [-0.39, 0.29) is 0 Å². The first-order valence-corrected chi connectivity index (χ1v) is 7.09. The van der Waals surface area contributed by atoms with Crippen molar-refractivity contribution < 1.29 is 0 Å². The molecule has 1 aromatic carbocycles. The highest BCUT2D eigenvalue weighted by atomic mass is 15.2. The Morgan fingerprint density at radius 2 is 1.61 bits per heavy atom. The van der Waals surface area contributed by atoms with Gasteiger partial charge in [-0.05, 0) is 30.3 Å². The summed E-state index contributed by atoms with van der Waals surface area (Å²) in [6, 6.07) is 6.92. The number of hydrogen-bond acceptors (Lipinski definition) is 3. The molecule has 0 spiro atoms. The predicted molar refractivity (Wildman–Crippen MR) is 78.0 cm³/mol. The van der Waals surface area contributed by atoms with Gasteiger partial charge in [-0.1, -0.05) is 19.9 Å². The van der Waals surface area contributed by atoms with Gasteiger partial charge in [-0.2, -0.15) is 0 Å². The zero-order valence-corrected chi connectivity index (χ0v) is 11.9. The minimum absolute atomic E-state index is 1.04. The summed E-state index contributed by atoms with van der Waals surface area (Å²) in [5.74, 6) is 0. The monoisotopic (exact) mass is 247 g/mol. The van der Waals surface area contributed by atoms with Crippen molar-refractivity contribution >= 4 is 5.69 Å². The fraction of sp³-hybridized carbons (Fsp3) is 0.600. The Morgan fingerprint density at radius 1 is 0.944 bits per heavy atom. The van der Waals surface area contributed by atoms with Crippen molar-refractivity contribution in [2.45, 2.75) is 26.9 Å². The minimum Gasteiger partial charge on any atom is -0.369 e. The molecule has 1 fully saturated rings. The van der Waals surface area contributed by atoms with Crippen molar-refractivity contribution in [1.82, 2.24) is 10.2 Å². The van der Waals surface area contributed by atoms with Crippen LogP contribution in [0.4, 0.5) is 5.69 Å². The highest BCUT2D eigenvalue weighted by Gasteiger charge is 2.16. The summed E-state index contributed by atoms with van der Waals surface area (Å²) < 4.78 is 0. The molecular weight excluding hydrogens is 222 g/mol. The maximum atomic E-state index is 3.40. The van der Waals surface area contributed by atoms with Crippen LogP contribution in [0.5, 0.6) is 0 Å².